The van der Waals surface area contributed by atoms with E-state index in [0.717, 1.165) is 0 Å². The van der Waals surface area contributed by atoms with Gasteiger partial charge in [0.05, 0.1) is 12.6 Å². The summed E-state index contributed by atoms with van der Waals surface area (Å²) in [5.41, 5.74) is 0.655. The fraction of sp³-hybridized carbons (Fsp3) is 0.500. The van der Waals surface area contributed by atoms with E-state index in [-0.39, 0.29) is 24.7 Å². The fourth-order valence-corrected chi connectivity index (χ4v) is 1.97. The largest absolute Gasteiger partial charge is 0.464 e. The summed E-state index contributed by atoms with van der Waals surface area (Å²) in [6.07, 6.45) is -1.08. The zero-order valence-electron chi connectivity index (χ0n) is 13.5. The van der Waals surface area contributed by atoms with Crippen LogP contribution in [0.2, 0.25) is 0 Å². The lowest BCUT2D eigenvalue weighted by molar-refractivity contribution is -0.154. The van der Waals surface area contributed by atoms with Gasteiger partial charge in [0.25, 0.3) is 0 Å². The van der Waals surface area contributed by atoms with Crippen molar-refractivity contribution in [1.82, 2.24) is 5.32 Å². The molecule has 0 bridgehead atoms. The van der Waals surface area contributed by atoms with Gasteiger partial charge in [-0.2, -0.15) is 8.78 Å². The topological polar surface area (TPSA) is 84.9 Å². The number of aryl methyl sites for hydroxylation is 1. The van der Waals surface area contributed by atoms with Gasteiger partial charge in [-0.1, -0.05) is 12.1 Å². The molecule has 2 N–H and O–H groups in total. The molecule has 0 saturated carbocycles. The highest BCUT2D eigenvalue weighted by Crippen LogP contribution is 2.17. The maximum absolute atomic E-state index is 12.2. The van der Waals surface area contributed by atoms with E-state index in [4.69, 9.17) is 0 Å². The van der Waals surface area contributed by atoms with Crippen molar-refractivity contribution >= 4 is 11.9 Å². The van der Waals surface area contributed by atoms with Gasteiger partial charge in [-0.3, -0.25) is 4.79 Å². The smallest absolute Gasteiger partial charge is 0.387 e. The highest BCUT2D eigenvalue weighted by Gasteiger charge is 2.24. The predicted molar refractivity (Wildman–Crippen MR) is 81.6 cm³/mol. The monoisotopic (exact) mass is 345 g/mol. The van der Waals surface area contributed by atoms with Crippen LogP contribution in [0.3, 0.4) is 0 Å². The third-order valence-electron chi connectivity index (χ3n) is 3.15. The van der Waals surface area contributed by atoms with Crippen LogP contribution >= 0.6 is 0 Å². The lowest BCUT2D eigenvalue weighted by Gasteiger charge is -2.18. The number of aliphatic hydroxyl groups excluding tert-OH is 1. The summed E-state index contributed by atoms with van der Waals surface area (Å²) in [6.45, 7) is 0.318. The second-order valence-electron chi connectivity index (χ2n) is 5.08. The van der Waals surface area contributed by atoms with E-state index in [1.54, 1.807) is 19.1 Å². The van der Waals surface area contributed by atoms with Gasteiger partial charge in [0.15, 0.2) is 6.10 Å². The number of alkyl halides is 2. The summed E-state index contributed by atoms with van der Waals surface area (Å²) in [6, 6.07) is 5.26. The molecule has 0 saturated heterocycles. The summed E-state index contributed by atoms with van der Waals surface area (Å²) in [7, 11) is 0. The van der Waals surface area contributed by atoms with Crippen molar-refractivity contribution in [3.8, 4) is 5.75 Å². The van der Waals surface area contributed by atoms with Gasteiger partial charge in [0.2, 0.25) is 5.91 Å². The van der Waals surface area contributed by atoms with Gasteiger partial charge in [-0.05, 0) is 38.0 Å². The van der Waals surface area contributed by atoms with Crippen LogP contribution in [0.4, 0.5) is 8.78 Å². The Balaban J connectivity index is 2.47. The molecule has 0 aliphatic carbocycles. The summed E-state index contributed by atoms with van der Waals surface area (Å²) in [4.78, 5) is 23.2. The predicted octanol–water partition coefficient (Wildman–Crippen LogP) is 1.65. The Morgan fingerprint density at radius 3 is 2.67 bits per heavy atom. The molecule has 2 unspecified atom stereocenters. The number of hydrogen-bond donors (Lipinski definition) is 2. The average molecular weight is 345 g/mol. The second kappa shape index (κ2) is 9.82. The van der Waals surface area contributed by atoms with Crippen molar-refractivity contribution in [1.29, 1.82) is 0 Å². The van der Waals surface area contributed by atoms with E-state index in [1.807, 2.05) is 0 Å². The fourth-order valence-electron chi connectivity index (χ4n) is 1.97. The summed E-state index contributed by atoms with van der Waals surface area (Å²) in [5, 5.41) is 12.2. The zero-order chi connectivity index (χ0) is 18.1. The number of benzene rings is 1. The van der Waals surface area contributed by atoms with Crippen molar-refractivity contribution in [3.05, 3.63) is 29.8 Å². The van der Waals surface area contributed by atoms with Crippen LogP contribution in [-0.4, -0.2) is 42.3 Å². The summed E-state index contributed by atoms with van der Waals surface area (Å²) < 4.78 is 33.3. The van der Waals surface area contributed by atoms with E-state index in [2.05, 4.69) is 14.8 Å². The number of carbonyl (C=O) groups is 2. The molecule has 1 rings (SSSR count). The van der Waals surface area contributed by atoms with Crippen LogP contribution < -0.4 is 10.1 Å². The highest BCUT2D eigenvalue weighted by atomic mass is 19.3. The van der Waals surface area contributed by atoms with Crippen molar-refractivity contribution in [2.24, 2.45) is 0 Å². The summed E-state index contributed by atoms with van der Waals surface area (Å²) >= 11 is 0. The Kier molecular flexibility index (Phi) is 8.11. The number of nitrogens with one attached hydrogen (secondary N) is 1. The molecule has 0 aliphatic rings. The highest BCUT2D eigenvalue weighted by molar-refractivity contribution is 5.79. The van der Waals surface area contributed by atoms with Crippen LogP contribution in [0, 0.1) is 0 Å². The first-order chi connectivity index (χ1) is 11.3. The van der Waals surface area contributed by atoms with Gasteiger partial charge >= 0.3 is 12.6 Å². The normalized spacial score (nSPS) is 13.2. The molecule has 1 aromatic rings. The first-order valence-corrected chi connectivity index (χ1v) is 7.51. The van der Waals surface area contributed by atoms with E-state index in [9.17, 15) is 23.5 Å². The molecule has 0 spiro atoms. The molecule has 1 amide bonds. The van der Waals surface area contributed by atoms with Crippen molar-refractivity contribution in [2.45, 2.75) is 45.4 Å². The van der Waals surface area contributed by atoms with Crippen LogP contribution in [0.5, 0.6) is 5.75 Å². The van der Waals surface area contributed by atoms with Crippen LogP contribution in [0.25, 0.3) is 0 Å². The summed E-state index contributed by atoms with van der Waals surface area (Å²) in [5.74, 6) is -1.16. The molecule has 8 heteroatoms. The number of amides is 1. The van der Waals surface area contributed by atoms with Gasteiger partial charge in [0, 0.05) is 6.42 Å². The van der Waals surface area contributed by atoms with Gasteiger partial charge in [0.1, 0.15) is 5.75 Å². The molecular formula is C16H21F2NO5. The van der Waals surface area contributed by atoms with Crippen molar-refractivity contribution in [2.75, 3.05) is 6.61 Å². The minimum Gasteiger partial charge on any atom is -0.464 e. The van der Waals surface area contributed by atoms with Gasteiger partial charge < -0.3 is 19.9 Å². The van der Waals surface area contributed by atoms with E-state index >= 15 is 0 Å². The molecular weight excluding hydrogens is 324 g/mol. The molecule has 134 valence electrons. The Hall–Kier alpha value is -2.22. The minimum atomic E-state index is -2.91. The first-order valence-electron chi connectivity index (χ1n) is 7.51. The molecule has 0 radical (unpaired) electrons. The van der Waals surface area contributed by atoms with E-state index in [0.29, 0.717) is 12.0 Å². The lowest BCUT2D eigenvalue weighted by Crippen LogP contribution is -2.45. The van der Waals surface area contributed by atoms with Crippen LogP contribution in [0.15, 0.2) is 24.3 Å². The third-order valence-corrected chi connectivity index (χ3v) is 3.15. The average Bonchev–Trinajstić information content (AvgIpc) is 2.52. The zero-order valence-corrected chi connectivity index (χ0v) is 13.5. The number of hydrogen-bond acceptors (Lipinski definition) is 5. The number of esters is 1. The SMILES string of the molecule is CCOC(=O)C(O)C(C)NC(=O)CCc1cccc(OC(F)F)c1. The molecule has 0 aliphatic heterocycles. The quantitative estimate of drug-likeness (QED) is 0.665. The Morgan fingerprint density at radius 1 is 1.33 bits per heavy atom. The standard InChI is InChI=1S/C16H21F2NO5/c1-3-23-15(22)14(21)10(2)19-13(20)8-7-11-5-4-6-12(9-11)24-16(17)18/h4-6,9-10,14,16,21H,3,7-8H2,1-2H3,(H,19,20). The van der Waals surface area contributed by atoms with Gasteiger partial charge in [-0.25, -0.2) is 4.79 Å². The maximum Gasteiger partial charge on any atom is 0.387 e. The lowest BCUT2D eigenvalue weighted by atomic mass is 10.1. The minimum absolute atomic E-state index is 0.0222. The number of halogens is 2. The second-order valence-corrected chi connectivity index (χ2v) is 5.08. The third kappa shape index (κ3) is 6.91. The number of rotatable bonds is 9. The molecule has 0 heterocycles. The molecule has 6 nitrogen and oxygen atoms in total. The molecule has 0 fully saturated rings. The van der Waals surface area contributed by atoms with Crippen molar-refractivity contribution in [3.63, 3.8) is 0 Å². The maximum atomic E-state index is 12.2. The molecule has 1 aromatic carbocycles. The Labute approximate surface area is 138 Å². The van der Waals surface area contributed by atoms with Crippen molar-refractivity contribution < 1.29 is 33.0 Å². The number of aliphatic hydroxyl groups is 1. The molecule has 24 heavy (non-hydrogen) atoms. The number of ether oxygens (including phenoxy) is 2. The van der Waals surface area contributed by atoms with Crippen LogP contribution in [0.1, 0.15) is 25.8 Å². The Bertz CT molecular complexity index is 553. The van der Waals surface area contributed by atoms with E-state index < -0.39 is 24.7 Å². The first kappa shape index (κ1) is 19.8. The molecule has 2 atom stereocenters. The van der Waals surface area contributed by atoms with E-state index in [1.165, 1.54) is 19.1 Å². The molecule has 0 aromatic heterocycles. The Morgan fingerprint density at radius 2 is 2.04 bits per heavy atom. The number of carbonyl (C=O) groups excluding carboxylic acids is 2. The van der Waals surface area contributed by atoms with Crippen LogP contribution in [-0.2, 0) is 20.7 Å². The van der Waals surface area contributed by atoms with Gasteiger partial charge in [-0.15, -0.1) is 0 Å².